The van der Waals surface area contributed by atoms with Crippen molar-refractivity contribution in [1.29, 1.82) is 0 Å². The quantitative estimate of drug-likeness (QED) is 0.889. The molecule has 4 nitrogen and oxygen atoms in total. The molecule has 1 aromatic carbocycles. The molecule has 1 aliphatic heterocycles. The van der Waals surface area contributed by atoms with Crippen LogP contribution in [0.4, 0.5) is 13.2 Å². The van der Waals surface area contributed by atoms with Crippen molar-refractivity contribution in [2.24, 2.45) is 0 Å². The number of carbonyl (C=O) groups excluding carboxylic acids is 2. The summed E-state index contributed by atoms with van der Waals surface area (Å²) in [5.74, 6) is -2.61. The highest BCUT2D eigenvalue weighted by Crippen LogP contribution is 2.18. The highest BCUT2D eigenvalue weighted by Gasteiger charge is 2.38. The standard InChI is InChI=1S/C13H13F3N2O2/c14-13(15,16)12(20)17-7-11(19)18-6-5-9-3-1-2-4-10(9)8-18/h1-4H,5-8H2,(H,17,20). The van der Waals surface area contributed by atoms with E-state index in [1.165, 1.54) is 4.90 Å². The lowest BCUT2D eigenvalue weighted by molar-refractivity contribution is -0.174. The van der Waals surface area contributed by atoms with E-state index in [0.29, 0.717) is 19.5 Å². The molecule has 0 unspecified atom stereocenters. The van der Waals surface area contributed by atoms with E-state index in [1.54, 1.807) is 5.32 Å². The van der Waals surface area contributed by atoms with Crippen LogP contribution in [-0.2, 0) is 22.6 Å². The molecule has 0 fully saturated rings. The van der Waals surface area contributed by atoms with Crippen LogP contribution in [0.2, 0.25) is 0 Å². The summed E-state index contributed by atoms with van der Waals surface area (Å²) in [6.07, 6.45) is -4.30. The van der Waals surface area contributed by atoms with Gasteiger partial charge in [0.15, 0.2) is 0 Å². The van der Waals surface area contributed by atoms with Crippen LogP contribution in [0.25, 0.3) is 0 Å². The lowest BCUT2D eigenvalue weighted by Crippen LogP contribution is -2.45. The molecule has 0 aliphatic carbocycles. The largest absolute Gasteiger partial charge is 0.471 e. The minimum absolute atomic E-state index is 0.358. The van der Waals surface area contributed by atoms with Gasteiger partial charge >= 0.3 is 12.1 Å². The molecule has 1 N–H and O–H groups in total. The number of nitrogens with zero attached hydrogens (tertiary/aromatic N) is 1. The van der Waals surface area contributed by atoms with Gasteiger partial charge in [-0.2, -0.15) is 13.2 Å². The number of fused-ring (bicyclic) bond motifs is 1. The van der Waals surface area contributed by atoms with E-state index >= 15 is 0 Å². The van der Waals surface area contributed by atoms with Gasteiger partial charge in [0.25, 0.3) is 0 Å². The summed E-state index contributed by atoms with van der Waals surface area (Å²) in [7, 11) is 0. The molecule has 0 spiro atoms. The van der Waals surface area contributed by atoms with Crippen molar-refractivity contribution in [3.8, 4) is 0 Å². The van der Waals surface area contributed by atoms with Gasteiger partial charge in [-0.1, -0.05) is 24.3 Å². The fourth-order valence-corrected chi connectivity index (χ4v) is 2.08. The van der Waals surface area contributed by atoms with Crippen LogP contribution in [0.1, 0.15) is 11.1 Å². The Morgan fingerprint density at radius 3 is 2.50 bits per heavy atom. The van der Waals surface area contributed by atoms with Crippen molar-refractivity contribution in [2.75, 3.05) is 13.1 Å². The maximum absolute atomic E-state index is 12.0. The molecule has 0 atom stereocenters. The van der Waals surface area contributed by atoms with Crippen LogP contribution in [0, 0.1) is 0 Å². The molecule has 0 aromatic heterocycles. The van der Waals surface area contributed by atoms with E-state index in [-0.39, 0.29) is 0 Å². The fraction of sp³-hybridized carbons (Fsp3) is 0.385. The maximum atomic E-state index is 12.0. The molecule has 2 amide bonds. The topological polar surface area (TPSA) is 49.4 Å². The van der Waals surface area contributed by atoms with Crippen molar-refractivity contribution in [2.45, 2.75) is 19.1 Å². The summed E-state index contributed by atoms with van der Waals surface area (Å²) in [6.45, 7) is 0.162. The Morgan fingerprint density at radius 2 is 1.85 bits per heavy atom. The molecule has 2 rings (SSSR count). The first-order valence-corrected chi connectivity index (χ1v) is 6.07. The van der Waals surface area contributed by atoms with E-state index in [1.807, 2.05) is 24.3 Å². The van der Waals surface area contributed by atoms with Gasteiger partial charge in [-0.15, -0.1) is 0 Å². The predicted molar refractivity (Wildman–Crippen MR) is 64.6 cm³/mol. The number of halogens is 3. The fourth-order valence-electron chi connectivity index (χ4n) is 2.08. The van der Waals surface area contributed by atoms with Crippen molar-refractivity contribution in [1.82, 2.24) is 10.2 Å². The van der Waals surface area contributed by atoms with Gasteiger partial charge in [0.2, 0.25) is 5.91 Å². The molecule has 20 heavy (non-hydrogen) atoms. The number of amides is 2. The van der Waals surface area contributed by atoms with Crippen LogP contribution in [-0.4, -0.2) is 36.0 Å². The number of rotatable bonds is 2. The third kappa shape index (κ3) is 3.28. The first kappa shape index (κ1) is 14.4. The van der Waals surface area contributed by atoms with Crippen molar-refractivity contribution in [3.63, 3.8) is 0 Å². The molecule has 108 valence electrons. The van der Waals surface area contributed by atoms with E-state index in [4.69, 9.17) is 0 Å². The highest BCUT2D eigenvalue weighted by molar-refractivity contribution is 5.87. The molecule has 0 saturated heterocycles. The number of hydrogen-bond donors (Lipinski definition) is 1. The number of alkyl halides is 3. The van der Waals surface area contributed by atoms with E-state index in [9.17, 15) is 22.8 Å². The molecule has 0 bridgehead atoms. The average Bonchev–Trinajstić information content (AvgIpc) is 2.42. The van der Waals surface area contributed by atoms with Gasteiger partial charge in [-0.3, -0.25) is 9.59 Å². The summed E-state index contributed by atoms with van der Waals surface area (Å²) in [6, 6.07) is 7.59. The van der Waals surface area contributed by atoms with Crippen molar-refractivity contribution >= 4 is 11.8 Å². The molecule has 0 saturated carbocycles. The Hall–Kier alpha value is -2.05. The summed E-state index contributed by atoms with van der Waals surface area (Å²) < 4.78 is 36.0. The molecular weight excluding hydrogens is 273 g/mol. The normalized spacial score (nSPS) is 14.7. The Labute approximate surface area is 113 Å². The zero-order valence-corrected chi connectivity index (χ0v) is 10.5. The monoisotopic (exact) mass is 286 g/mol. The van der Waals surface area contributed by atoms with Gasteiger partial charge in [0.1, 0.15) is 0 Å². The molecular formula is C13H13F3N2O2. The first-order valence-electron chi connectivity index (χ1n) is 6.07. The summed E-state index contributed by atoms with van der Waals surface area (Å²) in [5, 5.41) is 1.59. The minimum Gasteiger partial charge on any atom is -0.339 e. The van der Waals surface area contributed by atoms with Gasteiger partial charge in [-0.25, -0.2) is 0 Å². The third-order valence-electron chi connectivity index (χ3n) is 3.14. The van der Waals surface area contributed by atoms with Crippen molar-refractivity contribution < 1.29 is 22.8 Å². The van der Waals surface area contributed by atoms with E-state index in [2.05, 4.69) is 0 Å². The molecule has 1 heterocycles. The summed E-state index contributed by atoms with van der Waals surface area (Å²) in [5.41, 5.74) is 2.12. The second-order valence-electron chi connectivity index (χ2n) is 4.51. The van der Waals surface area contributed by atoms with Gasteiger partial charge in [-0.05, 0) is 17.5 Å². The number of nitrogens with one attached hydrogen (secondary N) is 1. The Bertz CT molecular complexity index is 529. The second-order valence-corrected chi connectivity index (χ2v) is 4.51. The Morgan fingerprint density at radius 1 is 1.20 bits per heavy atom. The second kappa shape index (κ2) is 5.52. The number of carbonyl (C=O) groups is 2. The lowest BCUT2D eigenvalue weighted by Gasteiger charge is -2.29. The van der Waals surface area contributed by atoms with Crippen molar-refractivity contribution in [3.05, 3.63) is 35.4 Å². The van der Waals surface area contributed by atoms with Gasteiger partial charge in [0, 0.05) is 13.1 Å². The number of hydrogen-bond acceptors (Lipinski definition) is 2. The zero-order chi connectivity index (χ0) is 14.8. The zero-order valence-electron chi connectivity index (χ0n) is 10.5. The summed E-state index contributed by atoms with van der Waals surface area (Å²) >= 11 is 0. The Kier molecular flexibility index (Phi) is 3.96. The summed E-state index contributed by atoms with van der Waals surface area (Å²) in [4.78, 5) is 23.9. The molecule has 7 heteroatoms. The van der Waals surface area contributed by atoms with Crippen LogP contribution < -0.4 is 5.32 Å². The first-order chi connectivity index (χ1) is 9.38. The van der Waals surface area contributed by atoms with Crippen LogP contribution >= 0.6 is 0 Å². The molecule has 0 radical (unpaired) electrons. The van der Waals surface area contributed by atoms with Crippen LogP contribution in [0.5, 0.6) is 0 Å². The lowest BCUT2D eigenvalue weighted by atomic mass is 10.00. The Balaban J connectivity index is 1.91. The average molecular weight is 286 g/mol. The van der Waals surface area contributed by atoms with E-state index in [0.717, 1.165) is 11.1 Å². The minimum atomic E-state index is -4.96. The SMILES string of the molecule is O=C(CNC(=O)C(F)(F)F)N1CCc2ccccc2C1. The highest BCUT2D eigenvalue weighted by atomic mass is 19.4. The number of benzene rings is 1. The van der Waals surface area contributed by atoms with Gasteiger partial charge < -0.3 is 10.2 Å². The molecule has 1 aromatic rings. The predicted octanol–water partition coefficient (Wildman–Crippen LogP) is 1.25. The van der Waals surface area contributed by atoms with Crippen LogP contribution in [0.3, 0.4) is 0 Å². The molecule has 1 aliphatic rings. The smallest absolute Gasteiger partial charge is 0.339 e. The van der Waals surface area contributed by atoms with E-state index < -0.39 is 24.5 Å². The van der Waals surface area contributed by atoms with Crippen LogP contribution in [0.15, 0.2) is 24.3 Å². The van der Waals surface area contributed by atoms with Gasteiger partial charge in [0.05, 0.1) is 6.54 Å². The maximum Gasteiger partial charge on any atom is 0.471 e. The third-order valence-corrected chi connectivity index (χ3v) is 3.14.